The molecule has 0 aliphatic carbocycles. The Morgan fingerprint density at radius 1 is 0.941 bits per heavy atom. The minimum Gasteiger partial charge on any atom is -0.395 e. The highest BCUT2D eigenvalue weighted by molar-refractivity contribution is 7.79. The van der Waals surface area contributed by atoms with E-state index in [-0.39, 0.29) is 0 Å². The summed E-state index contributed by atoms with van der Waals surface area (Å²) in [5, 5.41) is 8.79. The van der Waals surface area contributed by atoms with Gasteiger partial charge in [0.2, 0.25) is 0 Å². The van der Waals surface area contributed by atoms with Gasteiger partial charge < -0.3 is 10.0 Å². The number of aliphatic hydroxyl groups excluding tert-OH is 1. The molecule has 106 valence electrons. The van der Waals surface area contributed by atoms with Crippen molar-refractivity contribution in [2.45, 2.75) is 39.5 Å². The molecule has 0 spiro atoms. The summed E-state index contributed by atoms with van der Waals surface area (Å²) in [4.78, 5) is 2.35. The van der Waals surface area contributed by atoms with E-state index in [1.54, 1.807) is 0 Å². The Morgan fingerprint density at radius 3 is 1.53 bits per heavy atom. The smallest absolute Gasteiger partial charge is 0.394 e. The standard InChI is InChI=1S/C10H23NO.H2O4S/c1-3-5-7-11(9-10-12)8-6-4-2;1-5(2,3)4/h12H,3-10H2,1-2H3;(H2,1,2,3,4). The molecule has 0 aromatic rings. The van der Waals surface area contributed by atoms with Crippen LogP contribution < -0.4 is 0 Å². The average molecular weight is 271 g/mol. The molecule has 17 heavy (non-hydrogen) atoms. The van der Waals surface area contributed by atoms with E-state index in [4.69, 9.17) is 22.6 Å². The van der Waals surface area contributed by atoms with Crippen LogP contribution in [0.2, 0.25) is 0 Å². The molecule has 0 aliphatic rings. The second kappa shape index (κ2) is 12.3. The van der Waals surface area contributed by atoms with Crippen molar-refractivity contribution in [1.29, 1.82) is 0 Å². The van der Waals surface area contributed by atoms with Crippen molar-refractivity contribution >= 4 is 10.4 Å². The van der Waals surface area contributed by atoms with Gasteiger partial charge in [0, 0.05) is 6.54 Å². The first-order chi connectivity index (χ1) is 7.85. The van der Waals surface area contributed by atoms with Crippen LogP contribution in [0.1, 0.15) is 39.5 Å². The van der Waals surface area contributed by atoms with Crippen LogP contribution in [0.3, 0.4) is 0 Å². The van der Waals surface area contributed by atoms with Crippen LogP contribution in [-0.4, -0.2) is 53.8 Å². The van der Waals surface area contributed by atoms with Crippen LogP contribution in [-0.2, 0) is 10.4 Å². The normalized spacial score (nSPS) is 11.2. The summed E-state index contributed by atoms with van der Waals surface area (Å²) in [6, 6.07) is 0. The van der Waals surface area contributed by atoms with Crippen molar-refractivity contribution in [3.8, 4) is 0 Å². The number of unbranched alkanes of at least 4 members (excludes halogenated alkanes) is 2. The van der Waals surface area contributed by atoms with Gasteiger partial charge in [-0.15, -0.1) is 0 Å². The largest absolute Gasteiger partial charge is 0.395 e. The Kier molecular flexibility index (Phi) is 13.8. The van der Waals surface area contributed by atoms with Gasteiger partial charge in [-0.1, -0.05) is 26.7 Å². The summed E-state index contributed by atoms with van der Waals surface area (Å²) < 4.78 is 31.6. The van der Waals surface area contributed by atoms with Crippen molar-refractivity contribution in [2.24, 2.45) is 0 Å². The van der Waals surface area contributed by atoms with Gasteiger partial charge in [0.1, 0.15) is 0 Å². The van der Waals surface area contributed by atoms with Crippen molar-refractivity contribution < 1.29 is 22.6 Å². The lowest BCUT2D eigenvalue weighted by Gasteiger charge is -2.20. The molecule has 0 aliphatic heterocycles. The third-order valence-corrected chi connectivity index (χ3v) is 2.07. The molecule has 0 aromatic heterocycles. The van der Waals surface area contributed by atoms with E-state index in [2.05, 4.69) is 18.7 Å². The first-order valence-corrected chi connectivity index (χ1v) is 7.27. The highest BCUT2D eigenvalue weighted by Gasteiger charge is 2.01. The van der Waals surface area contributed by atoms with Crippen molar-refractivity contribution in [2.75, 3.05) is 26.2 Å². The molecule has 0 heterocycles. The fourth-order valence-corrected chi connectivity index (χ4v) is 1.24. The quantitative estimate of drug-likeness (QED) is 0.574. The Hall–Kier alpha value is -0.210. The third-order valence-electron chi connectivity index (χ3n) is 2.07. The monoisotopic (exact) mass is 271 g/mol. The molecule has 0 unspecified atom stereocenters. The molecule has 0 saturated heterocycles. The highest BCUT2D eigenvalue weighted by Crippen LogP contribution is 1.97. The van der Waals surface area contributed by atoms with Crippen LogP contribution in [0, 0.1) is 0 Å². The molecule has 0 atom stereocenters. The number of nitrogens with zero attached hydrogens (tertiary/aromatic N) is 1. The van der Waals surface area contributed by atoms with Gasteiger partial charge in [-0.05, 0) is 25.9 Å². The van der Waals surface area contributed by atoms with E-state index in [1.165, 1.54) is 25.7 Å². The maximum absolute atomic E-state index is 8.79. The summed E-state index contributed by atoms with van der Waals surface area (Å²) >= 11 is 0. The van der Waals surface area contributed by atoms with E-state index < -0.39 is 10.4 Å². The maximum atomic E-state index is 8.79. The summed E-state index contributed by atoms with van der Waals surface area (Å²) in [5.74, 6) is 0. The molecule has 0 aromatic carbocycles. The fourth-order valence-electron chi connectivity index (χ4n) is 1.24. The highest BCUT2D eigenvalue weighted by atomic mass is 32.3. The van der Waals surface area contributed by atoms with E-state index >= 15 is 0 Å². The zero-order chi connectivity index (χ0) is 13.7. The van der Waals surface area contributed by atoms with Crippen LogP contribution in [0.5, 0.6) is 0 Å². The molecular weight excluding hydrogens is 246 g/mol. The topological polar surface area (TPSA) is 98.1 Å². The van der Waals surface area contributed by atoms with E-state index in [0.29, 0.717) is 6.61 Å². The first-order valence-electron chi connectivity index (χ1n) is 5.88. The van der Waals surface area contributed by atoms with Crippen molar-refractivity contribution in [3.63, 3.8) is 0 Å². The van der Waals surface area contributed by atoms with Crippen molar-refractivity contribution in [3.05, 3.63) is 0 Å². The Morgan fingerprint density at radius 2 is 1.29 bits per heavy atom. The van der Waals surface area contributed by atoms with Gasteiger partial charge in [0.25, 0.3) is 0 Å². The van der Waals surface area contributed by atoms with Crippen LogP contribution in [0.4, 0.5) is 0 Å². The van der Waals surface area contributed by atoms with E-state index in [0.717, 1.165) is 19.6 Å². The maximum Gasteiger partial charge on any atom is 0.394 e. The van der Waals surface area contributed by atoms with E-state index in [9.17, 15) is 0 Å². The molecule has 7 heteroatoms. The Labute approximate surface area is 104 Å². The van der Waals surface area contributed by atoms with Crippen LogP contribution >= 0.6 is 0 Å². The summed E-state index contributed by atoms with van der Waals surface area (Å²) in [7, 11) is -4.67. The van der Waals surface area contributed by atoms with Crippen molar-refractivity contribution in [1.82, 2.24) is 4.90 Å². The molecule has 0 fully saturated rings. The molecule has 3 N–H and O–H groups in total. The number of rotatable bonds is 8. The SMILES string of the molecule is CCCCN(CCO)CCCC.O=S(=O)(O)O. The van der Waals surface area contributed by atoms with Gasteiger partial charge in [0.05, 0.1) is 6.61 Å². The predicted octanol–water partition coefficient (Wildman–Crippen LogP) is 1.23. The number of hydrogen-bond donors (Lipinski definition) is 3. The average Bonchev–Trinajstić information content (AvgIpc) is 2.20. The minimum absolute atomic E-state index is 0.299. The number of hydrogen-bond acceptors (Lipinski definition) is 4. The summed E-state index contributed by atoms with van der Waals surface area (Å²) in [6.07, 6.45) is 5.00. The van der Waals surface area contributed by atoms with Crippen LogP contribution in [0.25, 0.3) is 0 Å². The van der Waals surface area contributed by atoms with E-state index in [1.807, 2.05) is 0 Å². The molecule has 0 rings (SSSR count). The second-order valence-corrected chi connectivity index (χ2v) is 4.62. The van der Waals surface area contributed by atoms with Gasteiger partial charge in [-0.25, -0.2) is 0 Å². The fraction of sp³-hybridized carbons (Fsp3) is 1.00. The van der Waals surface area contributed by atoms with Gasteiger partial charge in [-0.2, -0.15) is 8.42 Å². The Balaban J connectivity index is 0. The van der Waals surface area contributed by atoms with Gasteiger partial charge in [0.15, 0.2) is 0 Å². The molecule has 0 radical (unpaired) electrons. The van der Waals surface area contributed by atoms with Gasteiger partial charge >= 0.3 is 10.4 Å². The molecule has 0 bridgehead atoms. The predicted molar refractivity (Wildman–Crippen MR) is 67.5 cm³/mol. The molecule has 0 amide bonds. The third kappa shape index (κ3) is 25.8. The lowest BCUT2D eigenvalue weighted by molar-refractivity contribution is 0.192. The Bertz CT molecular complexity index is 227. The van der Waals surface area contributed by atoms with Gasteiger partial charge in [-0.3, -0.25) is 9.11 Å². The number of aliphatic hydroxyl groups is 1. The molecular formula is C10H25NO5S. The zero-order valence-corrected chi connectivity index (χ0v) is 11.5. The van der Waals surface area contributed by atoms with Crippen LogP contribution in [0.15, 0.2) is 0 Å². The second-order valence-electron chi connectivity index (χ2n) is 3.72. The lowest BCUT2D eigenvalue weighted by Crippen LogP contribution is -2.28. The first kappa shape index (κ1) is 19.1. The zero-order valence-electron chi connectivity index (χ0n) is 10.7. The summed E-state index contributed by atoms with van der Waals surface area (Å²) in [6.45, 7) is 7.86. The molecule has 0 saturated carbocycles. The summed E-state index contributed by atoms with van der Waals surface area (Å²) in [5.41, 5.74) is 0. The lowest BCUT2D eigenvalue weighted by atomic mass is 10.2. The minimum atomic E-state index is -4.67. The molecule has 6 nitrogen and oxygen atoms in total.